The number of hydrogen-bond acceptors (Lipinski definition) is 5. The second-order valence-corrected chi connectivity index (χ2v) is 8.28. The summed E-state index contributed by atoms with van der Waals surface area (Å²) >= 11 is 0. The van der Waals surface area contributed by atoms with Crippen molar-refractivity contribution in [2.75, 3.05) is 6.61 Å². The van der Waals surface area contributed by atoms with Gasteiger partial charge in [0.05, 0.1) is 24.9 Å². The number of benzene rings is 2. The van der Waals surface area contributed by atoms with Crippen LogP contribution < -0.4 is 0 Å². The Labute approximate surface area is 177 Å². The van der Waals surface area contributed by atoms with Gasteiger partial charge in [0.15, 0.2) is 0 Å². The molecule has 0 fully saturated rings. The Morgan fingerprint density at radius 2 is 1.80 bits per heavy atom. The maximum absolute atomic E-state index is 12.1. The molecule has 0 aromatic heterocycles. The van der Waals surface area contributed by atoms with Gasteiger partial charge in [-0.1, -0.05) is 44.2 Å². The molecule has 0 bridgehead atoms. The normalized spacial score (nSPS) is 19.9. The fourth-order valence-electron chi connectivity index (χ4n) is 3.88. The molecule has 5 nitrogen and oxygen atoms in total. The summed E-state index contributed by atoms with van der Waals surface area (Å²) in [6.45, 7) is 6.29. The molecule has 30 heavy (non-hydrogen) atoms. The molecule has 2 aromatic carbocycles. The number of fused-ring (bicyclic) bond motifs is 1. The van der Waals surface area contributed by atoms with Crippen LogP contribution in [0, 0.1) is 0 Å². The van der Waals surface area contributed by atoms with E-state index >= 15 is 0 Å². The van der Waals surface area contributed by atoms with Gasteiger partial charge in [-0.15, -0.1) is 0 Å². The molecule has 158 valence electrons. The highest BCUT2D eigenvalue weighted by molar-refractivity contribution is 5.89. The molecule has 1 atom stereocenters. The molecule has 3 rings (SSSR count). The van der Waals surface area contributed by atoms with Gasteiger partial charge in [0.25, 0.3) is 0 Å². The summed E-state index contributed by atoms with van der Waals surface area (Å²) < 4.78 is 10.3. The molecule has 2 aromatic rings. The van der Waals surface area contributed by atoms with Crippen molar-refractivity contribution in [3.8, 4) is 0 Å². The topological polar surface area (TPSA) is 72.8 Å². The van der Waals surface area contributed by atoms with Crippen LogP contribution in [-0.4, -0.2) is 23.7 Å². The largest absolute Gasteiger partial charge is 0.466 e. The van der Waals surface area contributed by atoms with E-state index in [2.05, 4.69) is 13.8 Å². The Morgan fingerprint density at radius 1 is 1.07 bits per heavy atom. The van der Waals surface area contributed by atoms with Gasteiger partial charge in [0.2, 0.25) is 0 Å². The van der Waals surface area contributed by atoms with Crippen LogP contribution in [0.2, 0.25) is 0 Å². The van der Waals surface area contributed by atoms with Gasteiger partial charge in [0.1, 0.15) is 5.60 Å². The molecule has 1 N–H and O–H groups in total. The SMILES string of the molecule is CCOC(=O)CC1(O)CCC(C)(C)c2ccc(/C=C/OC(=O)c3ccccc3)cc21. The van der Waals surface area contributed by atoms with Crippen molar-refractivity contribution in [3.05, 3.63) is 77.0 Å². The number of aliphatic hydroxyl groups is 1. The third kappa shape index (κ3) is 4.79. The fraction of sp³-hybridized carbons (Fsp3) is 0.360. The number of carbonyl (C=O) groups is 2. The minimum absolute atomic E-state index is 0.0833. The summed E-state index contributed by atoms with van der Waals surface area (Å²) in [6, 6.07) is 14.5. The van der Waals surface area contributed by atoms with Gasteiger partial charge >= 0.3 is 11.9 Å². The van der Waals surface area contributed by atoms with Gasteiger partial charge in [0, 0.05) is 0 Å². The first kappa shape index (κ1) is 21.8. The first-order valence-electron chi connectivity index (χ1n) is 10.2. The summed E-state index contributed by atoms with van der Waals surface area (Å²) in [4.78, 5) is 24.2. The molecule has 5 heteroatoms. The third-order valence-corrected chi connectivity index (χ3v) is 5.62. The molecule has 0 saturated heterocycles. The van der Waals surface area contributed by atoms with E-state index in [0.29, 0.717) is 12.0 Å². The number of esters is 2. The first-order chi connectivity index (χ1) is 14.2. The summed E-state index contributed by atoms with van der Waals surface area (Å²) in [5, 5.41) is 11.3. The predicted octanol–water partition coefficient (Wildman–Crippen LogP) is 4.73. The van der Waals surface area contributed by atoms with E-state index in [1.807, 2.05) is 24.3 Å². The minimum atomic E-state index is -1.28. The molecule has 0 spiro atoms. The Morgan fingerprint density at radius 3 is 2.50 bits per heavy atom. The van der Waals surface area contributed by atoms with E-state index in [1.54, 1.807) is 37.3 Å². The van der Waals surface area contributed by atoms with Crippen molar-refractivity contribution >= 4 is 18.0 Å². The molecule has 0 amide bonds. The maximum atomic E-state index is 12.1. The Kier molecular flexibility index (Phi) is 6.42. The lowest BCUT2D eigenvalue weighted by Gasteiger charge is -2.42. The van der Waals surface area contributed by atoms with Crippen LogP contribution in [0.4, 0.5) is 0 Å². The number of carbonyl (C=O) groups excluding carboxylic acids is 2. The van der Waals surface area contributed by atoms with Crippen molar-refractivity contribution in [1.29, 1.82) is 0 Å². The van der Waals surface area contributed by atoms with Gasteiger partial charge < -0.3 is 14.6 Å². The highest BCUT2D eigenvalue weighted by atomic mass is 16.5. The van der Waals surface area contributed by atoms with Gasteiger partial charge in [-0.3, -0.25) is 4.79 Å². The molecular formula is C25H28O5. The van der Waals surface area contributed by atoms with Gasteiger partial charge in [-0.25, -0.2) is 4.79 Å². The lowest BCUT2D eigenvalue weighted by Crippen LogP contribution is -2.39. The van der Waals surface area contributed by atoms with Crippen molar-refractivity contribution in [2.45, 2.75) is 51.0 Å². The minimum Gasteiger partial charge on any atom is -0.466 e. The highest BCUT2D eigenvalue weighted by Crippen LogP contribution is 2.46. The van der Waals surface area contributed by atoms with Crippen LogP contribution in [0.25, 0.3) is 6.08 Å². The lowest BCUT2D eigenvalue weighted by atomic mass is 9.65. The predicted molar refractivity (Wildman–Crippen MR) is 115 cm³/mol. The molecule has 0 radical (unpaired) electrons. The Hall–Kier alpha value is -2.92. The van der Waals surface area contributed by atoms with Crippen LogP contribution in [0.5, 0.6) is 0 Å². The zero-order valence-corrected chi connectivity index (χ0v) is 17.7. The van der Waals surface area contributed by atoms with Gasteiger partial charge in [-0.05, 0) is 66.1 Å². The summed E-state index contributed by atoms with van der Waals surface area (Å²) in [5.74, 6) is -0.854. The monoisotopic (exact) mass is 408 g/mol. The van der Waals surface area contributed by atoms with E-state index in [-0.39, 0.29) is 18.4 Å². The van der Waals surface area contributed by atoms with Crippen LogP contribution in [0.3, 0.4) is 0 Å². The zero-order valence-electron chi connectivity index (χ0n) is 17.7. The van der Waals surface area contributed by atoms with Crippen LogP contribution >= 0.6 is 0 Å². The molecule has 0 aliphatic heterocycles. The smallest absolute Gasteiger partial charge is 0.342 e. The summed E-state index contributed by atoms with van der Waals surface area (Å²) in [7, 11) is 0. The average Bonchev–Trinajstić information content (AvgIpc) is 2.72. The number of ether oxygens (including phenoxy) is 2. The standard InChI is InChI=1S/C25H28O5/c1-4-29-22(26)17-25(28)14-13-24(2,3)20-11-10-18(16-21(20)25)12-15-30-23(27)19-8-6-5-7-9-19/h5-12,15-16,28H,4,13-14,17H2,1-3H3/b15-12+. The van der Waals surface area contributed by atoms with E-state index in [4.69, 9.17) is 9.47 Å². The van der Waals surface area contributed by atoms with E-state index < -0.39 is 17.5 Å². The Balaban J connectivity index is 1.84. The van der Waals surface area contributed by atoms with E-state index in [1.165, 1.54) is 6.26 Å². The summed E-state index contributed by atoms with van der Waals surface area (Å²) in [5.41, 5.74) is 1.59. The number of hydrogen-bond donors (Lipinski definition) is 1. The van der Waals surface area contributed by atoms with Crippen molar-refractivity contribution in [1.82, 2.24) is 0 Å². The average molecular weight is 408 g/mol. The molecule has 0 saturated carbocycles. The van der Waals surface area contributed by atoms with Crippen LogP contribution in [0.1, 0.15) is 67.1 Å². The highest BCUT2D eigenvalue weighted by Gasteiger charge is 2.43. The van der Waals surface area contributed by atoms with E-state index in [0.717, 1.165) is 23.1 Å². The molecular weight excluding hydrogens is 380 g/mol. The van der Waals surface area contributed by atoms with Gasteiger partial charge in [-0.2, -0.15) is 0 Å². The molecule has 1 aliphatic carbocycles. The molecule has 1 aliphatic rings. The van der Waals surface area contributed by atoms with E-state index in [9.17, 15) is 14.7 Å². The van der Waals surface area contributed by atoms with Crippen molar-refractivity contribution in [2.24, 2.45) is 0 Å². The Bertz CT molecular complexity index is 945. The first-order valence-corrected chi connectivity index (χ1v) is 10.2. The zero-order chi connectivity index (χ0) is 21.8. The van der Waals surface area contributed by atoms with Crippen LogP contribution in [0.15, 0.2) is 54.8 Å². The van der Waals surface area contributed by atoms with Crippen LogP contribution in [-0.2, 0) is 25.3 Å². The summed E-state index contributed by atoms with van der Waals surface area (Å²) in [6.07, 6.45) is 4.17. The lowest BCUT2D eigenvalue weighted by molar-refractivity contribution is -0.150. The fourth-order valence-corrected chi connectivity index (χ4v) is 3.88. The molecule has 1 unspecified atom stereocenters. The number of rotatable bonds is 6. The van der Waals surface area contributed by atoms with Crippen molar-refractivity contribution in [3.63, 3.8) is 0 Å². The molecule has 0 heterocycles. The second kappa shape index (κ2) is 8.84. The quantitative estimate of drug-likeness (QED) is 0.553. The van der Waals surface area contributed by atoms with Crippen molar-refractivity contribution < 1.29 is 24.2 Å². The second-order valence-electron chi connectivity index (χ2n) is 8.28. The third-order valence-electron chi connectivity index (χ3n) is 5.62. The maximum Gasteiger partial charge on any atom is 0.342 e.